The molecule has 0 aliphatic rings. The van der Waals surface area contributed by atoms with Crippen molar-refractivity contribution in [3.63, 3.8) is 0 Å². The van der Waals surface area contributed by atoms with Crippen LogP contribution in [-0.2, 0) is 9.59 Å². The third-order valence-electron chi connectivity index (χ3n) is 4.30. The van der Waals surface area contributed by atoms with E-state index in [0.717, 1.165) is 22.4 Å². The van der Waals surface area contributed by atoms with E-state index in [-0.39, 0.29) is 11.5 Å². The second kappa shape index (κ2) is 9.16. The predicted octanol–water partition coefficient (Wildman–Crippen LogP) is 4.93. The first-order valence-corrected chi connectivity index (χ1v) is 10.1. The van der Waals surface area contributed by atoms with Gasteiger partial charge in [-0.05, 0) is 49.2 Å². The normalized spacial score (nSPS) is 10.9. The molecule has 6 nitrogen and oxygen atoms in total. The molecule has 0 aliphatic carbocycles. The van der Waals surface area contributed by atoms with Gasteiger partial charge in [0.15, 0.2) is 5.13 Å². The van der Waals surface area contributed by atoms with Gasteiger partial charge in [0.1, 0.15) is 11.6 Å². The van der Waals surface area contributed by atoms with Gasteiger partial charge in [-0.25, -0.2) is 4.98 Å². The maximum absolute atomic E-state index is 12.5. The number of nitrogens with zero attached hydrogens (tertiary/aromatic N) is 2. The monoisotopic (exact) mass is 416 g/mol. The minimum atomic E-state index is -0.523. The molecule has 0 unspecified atom stereocenters. The van der Waals surface area contributed by atoms with Crippen LogP contribution in [0.2, 0.25) is 0 Å². The molecule has 7 heteroatoms. The van der Waals surface area contributed by atoms with Crippen LogP contribution in [0.5, 0.6) is 0 Å². The van der Waals surface area contributed by atoms with Crippen molar-refractivity contribution in [2.24, 2.45) is 0 Å². The highest BCUT2D eigenvalue weighted by atomic mass is 32.1. The average molecular weight is 417 g/mol. The first-order chi connectivity index (χ1) is 14.4. The number of thiazole rings is 1. The molecule has 0 saturated carbocycles. The lowest BCUT2D eigenvalue weighted by molar-refractivity contribution is -0.114. The molecule has 1 aromatic heterocycles. The summed E-state index contributed by atoms with van der Waals surface area (Å²) >= 11 is 1.31. The van der Waals surface area contributed by atoms with Gasteiger partial charge in [-0.2, -0.15) is 5.26 Å². The van der Waals surface area contributed by atoms with Crippen molar-refractivity contribution in [2.75, 3.05) is 10.6 Å². The minimum absolute atomic E-state index is 0.0363. The number of carbonyl (C=O) groups is 2. The highest BCUT2D eigenvalue weighted by Crippen LogP contribution is 2.28. The SMILES string of the molecule is CC(=O)Nc1ccc(/C=C(\C#N)C(=O)Nc2nc(-c3cc(C)ccc3C)cs2)cc1. The van der Waals surface area contributed by atoms with Gasteiger partial charge in [0.05, 0.1) is 5.69 Å². The van der Waals surface area contributed by atoms with Crippen LogP contribution in [-0.4, -0.2) is 16.8 Å². The number of aromatic nitrogens is 1. The zero-order chi connectivity index (χ0) is 21.7. The number of hydrogen-bond donors (Lipinski definition) is 2. The van der Waals surface area contributed by atoms with E-state index in [2.05, 4.69) is 21.7 Å². The molecule has 2 amide bonds. The van der Waals surface area contributed by atoms with Crippen LogP contribution in [0.4, 0.5) is 10.8 Å². The highest BCUT2D eigenvalue weighted by molar-refractivity contribution is 7.14. The Labute approximate surface area is 178 Å². The third-order valence-corrected chi connectivity index (χ3v) is 5.06. The lowest BCUT2D eigenvalue weighted by atomic mass is 10.0. The van der Waals surface area contributed by atoms with Crippen LogP contribution in [0.3, 0.4) is 0 Å². The Morgan fingerprint density at radius 1 is 1.10 bits per heavy atom. The molecule has 0 bridgehead atoms. The van der Waals surface area contributed by atoms with Crippen LogP contribution < -0.4 is 10.6 Å². The summed E-state index contributed by atoms with van der Waals surface area (Å²) in [5, 5.41) is 17.1. The third kappa shape index (κ3) is 5.19. The van der Waals surface area contributed by atoms with Crippen LogP contribution in [0.1, 0.15) is 23.6 Å². The quantitative estimate of drug-likeness (QED) is 0.455. The lowest BCUT2D eigenvalue weighted by Gasteiger charge is -2.04. The second-order valence-electron chi connectivity index (χ2n) is 6.78. The van der Waals surface area contributed by atoms with Crippen molar-refractivity contribution < 1.29 is 9.59 Å². The maximum Gasteiger partial charge on any atom is 0.268 e. The largest absolute Gasteiger partial charge is 0.326 e. The van der Waals surface area contributed by atoms with Gasteiger partial charge in [-0.3, -0.25) is 14.9 Å². The molecule has 0 fully saturated rings. The lowest BCUT2D eigenvalue weighted by Crippen LogP contribution is -2.13. The number of amides is 2. The van der Waals surface area contributed by atoms with Gasteiger partial charge in [0.25, 0.3) is 5.91 Å². The van der Waals surface area contributed by atoms with E-state index in [1.54, 1.807) is 24.3 Å². The van der Waals surface area contributed by atoms with Crippen molar-refractivity contribution in [3.8, 4) is 17.3 Å². The Hall–Kier alpha value is -3.76. The predicted molar refractivity (Wildman–Crippen MR) is 120 cm³/mol. The van der Waals surface area contributed by atoms with E-state index in [1.165, 1.54) is 24.3 Å². The molecular formula is C23H20N4O2S. The van der Waals surface area contributed by atoms with E-state index in [9.17, 15) is 14.9 Å². The van der Waals surface area contributed by atoms with Crippen molar-refractivity contribution >= 4 is 40.0 Å². The molecule has 30 heavy (non-hydrogen) atoms. The van der Waals surface area contributed by atoms with Crippen LogP contribution in [0.15, 0.2) is 53.4 Å². The molecule has 3 rings (SSSR count). The van der Waals surface area contributed by atoms with Gasteiger partial charge in [-0.15, -0.1) is 11.3 Å². The molecule has 2 N–H and O–H groups in total. The van der Waals surface area contributed by atoms with E-state index < -0.39 is 5.91 Å². The summed E-state index contributed by atoms with van der Waals surface area (Å²) in [6.07, 6.45) is 1.49. The summed E-state index contributed by atoms with van der Waals surface area (Å²) in [7, 11) is 0. The Bertz CT molecular complexity index is 1170. The Kier molecular flexibility index (Phi) is 6.40. The van der Waals surface area contributed by atoms with Crippen LogP contribution >= 0.6 is 11.3 Å². The summed E-state index contributed by atoms with van der Waals surface area (Å²) in [5.41, 5.74) is 5.31. The fraction of sp³-hybridized carbons (Fsp3) is 0.130. The van der Waals surface area contributed by atoms with Gasteiger partial charge < -0.3 is 5.32 Å². The summed E-state index contributed by atoms with van der Waals surface area (Å²) in [6.45, 7) is 5.46. The maximum atomic E-state index is 12.5. The van der Waals surface area contributed by atoms with Gasteiger partial charge in [0.2, 0.25) is 5.91 Å². The van der Waals surface area contributed by atoms with Gasteiger partial charge in [0, 0.05) is 23.6 Å². The Balaban J connectivity index is 1.75. The Morgan fingerprint density at radius 2 is 1.83 bits per heavy atom. The number of anilines is 2. The first kappa shape index (κ1) is 21.0. The van der Waals surface area contributed by atoms with Crippen molar-refractivity contribution in [2.45, 2.75) is 20.8 Å². The molecule has 150 valence electrons. The van der Waals surface area contributed by atoms with Crippen molar-refractivity contribution in [1.82, 2.24) is 4.98 Å². The number of nitriles is 1. The molecule has 0 radical (unpaired) electrons. The smallest absolute Gasteiger partial charge is 0.268 e. The summed E-state index contributed by atoms with van der Waals surface area (Å²) in [6, 6.07) is 14.9. The summed E-state index contributed by atoms with van der Waals surface area (Å²) < 4.78 is 0. The fourth-order valence-corrected chi connectivity index (χ4v) is 3.52. The molecule has 0 saturated heterocycles. The molecular weight excluding hydrogens is 396 g/mol. The van der Waals surface area contributed by atoms with Gasteiger partial charge >= 0.3 is 0 Å². The zero-order valence-corrected chi connectivity index (χ0v) is 17.6. The molecule has 0 spiro atoms. The number of carbonyl (C=O) groups excluding carboxylic acids is 2. The summed E-state index contributed by atoms with van der Waals surface area (Å²) in [4.78, 5) is 28.1. The van der Waals surface area contributed by atoms with Crippen LogP contribution in [0, 0.1) is 25.2 Å². The van der Waals surface area contributed by atoms with E-state index in [4.69, 9.17) is 0 Å². The molecule has 0 atom stereocenters. The number of benzene rings is 2. The zero-order valence-electron chi connectivity index (χ0n) is 16.8. The van der Waals surface area contributed by atoms with Crippen molar-refractivity contribution in [1.29, 1.82) is 5.26 Å². The number of nitrogens with one attached hydrogen (secondary N) is 2. The number of rotatable bonds is 5. The fourth-order valence-electron chi connectivity index (χ4n) is 2.81. The average Bonchev–Trinajstić information content (AvgIpc) is 3.17. The standard InChI is InChI=1S/C23H20N4O2S/c1-14-4-5-15(2)20(10-14)21-13-30-23(26-21)27-22(29)18(12-24)11-17-6-8-19(9-7-17)25-16(3)28/h4-11,13H,1-3H3,(H,25,28)(H,26,27,29)/b18-11+. The molecule has 1 heterocycles. The topological polar surface area (TPSA) is 94.9 Å². The van der Waals surface area contributed by atoms with E-state index >= 15 is 0 Å². The molecule has 0 aliphatic heterocycles. The first-order valence-electron chi connectivity index (χ1n) is 9.19. The van der Waals surface area contributed by atoms with Crippen molar-refractivity contribution in [3.05, 3.63) is 70.1 Å². The van der Waals surface area contributed by atoms with E-state index in [1.807, 2.05) is 37.4 Å². The number of aryl methyl sites for hydroxylation is 2. The highest BCUT2D eigenvalue weighted by Gasteiger charge is 2.13. The summed E-state index contributed by atoms with van der Waals surface area (Å²) in [5.74, 6) is -0.690. The number of hydrogen-bond acceptors (Lipinski definition) is 5. The van der Waals surface area contributed by atoms with E-state index in [0.29, 0.717) is 16.4 Å². The molecule has 3 aromatic rings. The second-order valence-corrected chi connectivity index (χ2v) is 7.64. The van der Waals surface area contributed by atoms with Gasteiger partial charge in [-0.1, -0.05) is 29.8 Å². The Morgan fingerprint density at radius 3 is 2.50 bits per heavy atom. The minimum Gasteiger partial charge on any atom is -0.326 e. The molecule has 2 aromatic carbocycles. The van der Waals surface area contributed by atoms with Crippen LogP contribution in [0.25, 0.3) is 17.3 Å².